The van der Waals surface area contributed by atoms with E-state index in [1.54, 1.807) is 35.1 Å². The number of halogens is 4. The molecule has 0 aliphatic carbocycles. The van der Waals surface area contributed by atoms with Crippen LogP contribution in [0, 0.1) is 5.82 Å². The van der Waals surface area contributed by atoms with E-state index in [-0.39, 0.29) is 11.7 Å². The molecule has 0 spiro atoms. The van der Waals surface area contributed by atoms with Gasteiger partial charge in [-0.3, -0.25) is 14.2 Å². The van der Waals surface area contributed by atoms with E-state index in [1.165, 1.54) is 24.3 Å². The minimum absolute atomic E-state index is 0.0335. The molecule has 182 valence electrons. The van der Waals surface area contributed by atoms with Crippen molar-refractivity contribution in [2.24, 2.45) is 4.99 Å². The van der Waals surface area contributed by atoms with Crippen molar-refractivity contribution in [3.63, 3.8) is 0 Å². The van der Waals surface area contributed by atoms with Gasteiger partial charge in [0, 0.05) is 23.6 Å². The van der Waals surface area contributed by atoms with Crippen LogP contribution in [-0.4, -0.2) is 27.2 Å². The third-order valence-electron chi connectivity index (χ3n) is 5.69. The van der Waals surface area contributed by atoms with Crippen LogP contribution in [0.5, 0.6) is 0 Å². The third-order valence-corrected chi connectivity index (χ3v) is 5.69. The van der Waals surface area contributed by atoms with Gasteiger partial charge in [0.15, 0.2) is 11.7 Å². The summed E-state index contributed by atoms with van der Waals surface area (Å²) in [5.41, 5.74) is 0.157. The lowest BCUT2D eigenvalue weighted by Crippen LogP contribution is -2.26. The molecular formula is C26H19F4N5O. The number of carbonyl (C=O) groups excluding carboxylic acids is 1. The molecule has 1 atom stereocenters. The van der Waals surface area contributed by atoms with E-state index in [9.17, 15) is 22.4 Å². The summed E-state index contributed by atoms with van der Waals surface area (Å²) in [6, 6.07) is 11.6. The van der Waals surface area contributed by atoms with Crippen LogP contribution in [0.25, 0.3) is 16.6 Å². The first-order chi connectivity index (χ1) is 17.2. The number of hydrogen-bond donors (Lipinski definition) is 2. The van der Waals surface area contributed by atoms with Crippen LogP contribution >= 0.6 is 0 Å². The molecule has 0 saturated heterocycles. The lowest BCUT2D eigenvalue weighted by Gasteiger charge is -2.16. The Labute approximate surface area is 203 Å². The number of aromatic nitrogens is 2. The van der Waals surface area contributed by atoms with Crippen LogP contribution in [-0.2, 0) is 6.18 Å². The molecule has 3 heterocycles. The predicted octanol–water partition coefficient (Wildman–Crippen LogP) is 5.66. The smallest absolute Gasteiger partial charge is 0.344 e. The fourth-order valence-corrected chi connectivity index (χ4v) is 3.99. The molecule has 1 aliphatic heterocycles. The first kappa shape index (κ1) is 23.3. The maximum absolute atomic E-state index is 13.8. The molecule has 1 aliphatic rings. The molecule has 0 fully saturated rings. The number of amidine groups is 1. The van der Waals surface area contributed by atoms with Gasteiger partial charge < -0.3 is 10.6 Å². The van der Waals surface area contributed by atoms with E-state index in [1.807, 2.05) is 13.0 Å². The van der Waals surface area contributed by atoms with Gasteiger partial charge >= 0.3 is 6.18 Å². The molecule has 0 radical (unpaired) electrons. The molecule has 0 bridgehead atoms. The summed E-state index contributed by atoms with van der Waals surface area (Å²) in [7, 11) is 0. The molecule has 0 saturated carbocycles. The zero-order valence-electron chi connectivity index (χ0n) is 18.8. The number of fused-ring (bicyclic) bond motifs is 1. The number of anilines is 1. The number of amides is 1. The summed E-state index contributed by atoms with van der Waals surface area (Å²) in [6.07, 6.45) is 2.30. The summed E-state index contributed by atoms with van der Waals surface area (Å²) < 4.78 is 56.3. The highest BCUT2D eigenvalue weighted by atomic mass is 19.4. The molecule has 10 heteroatoms. The van der Waals surface area contributed by atoms with Crippen LogP contribution in [0.3, 0.4) is 0 Å². The van der Waals surface area contributed by atoms with E-state index in [2.05, 4.69) is 20.6 Å². The number of carbonyl (C=O) groups is 1. The molecule has 2 N–H and O–H groups in total. The van der Waals surface area contributed by atoms with Gasteiger partial charge in [-0.1, -0.05) is 12.1 Å². The summed E-state index contributed by atoms with van der Waals surface area (Å²) in [5, 5.41) is 5.47. The van der Waals surface area contributed by atoms with Crippen molar-refractivity contribution in [2.45, 2.75) is 19.1 Å². The number of aliphatic imine (C=N–C) groups is 1. The summed E-state index contributed by atoms with van der Waals surface area (Å²) in [6.45, 7) is 1.93. The molecule has 2 aromatic carbocycles. The van der Waals surface area contributed by atoms with Gasteiger partial charge in [-0.2, -0.15) is 13.2 Å². The zero-order chi connectivity index (χ0) is 25.4. The van der Waals surface area contributed by atoms with Crippen LogP contribution < -0.4 is 10.6 Å². The molecular weight excluding hydrogens is 474 g/mol. The van der Waals surface area contributed by atoms with Crippen LogP contribution in [0.15, 0.2) is 84.3 Å². The predicted molar refractivity (Wildman–Crippen MR) is 128 cm³/mol. The minimum atomic E-state index is -4.75. The van der Waals surface area contributed by atoms with Gasteiger partial charge in [-0.05, 0) is 61.0 Å². The van der Waals surface area contributed by atoms with E-state index < -0.39 is 29.0 Å². The van der Waals surface area contributed by atoms with E-state index in [4.69, 9.17) is 0 Å². The normalized spacial score (nSPS) is 15.5. The Morgan fingerprint density at radius 2 is 1.89 bits per heavy atom. The lowest BCUT2D eigenvalue weighted by atomic mass is 9.98. The maximum Gasteiger partial charge on any atom is 0.417 e. The van der Waals surface area contributed by atoms with E-state index in [0.29, 0.717) is 28.3 Å². The number of imidazole rings is 1. The SMILES string of the molecule is CC1C=CNC(c2ncc3c(-c4ccc(C(F)(F)F)c(C(=O)Nc5ccc(F)cc5)c4)cccn23)=N1. The first-order valence-electron chi connectivity index (χ1n) is 11.0. The Kier molecular flexibility index (Phi) is 5.79. The Morgan fingerprint density at radius 1 is 1.11 bits per heavy atom. The van der Waals surface area contributed by atoms with Gasteiger partial charge in [0.2, 0.25) is 0 Å². The number of rotatable bonds is 4. The van der Waals surface area contributed by atoms with Crippen LogP contribution in [0.1, 0.15) is 28.7 Å². The second-order valence-corrected chi connectivity index (χ2v) is 8.20. The topological polar surface area (TPSA) is 70.8 Å². The fourth-order valence-electron chi connectivity index (χ4n) is 3.99. The molecule has 36 heavy (non-hydrogen) atoms. The van der Waals surface area contributed by atoms with Gasteiger partial charge in [0.05, 0.1) is 28.9 Å². The second kappa shape index (κ2) is 8.95. The van der Waals surface area contributed by atoms with Crippen molar-refractivity contribution < 1.29 is 22.4 Å². The molecule has 1 amide bonds. The van der Waals surface area contributed by atoms with Gasteiger partial charge in [-0.25, -0.2) is 9.37 Å². The van der Waals surface area contributed by atoms with Crippen molar-refractivity contribution in [2.75, 3.05) is 5.32 Å². The summed E-state index contributed by atoms with van der Waals surface area (Å²) in [4.78, 5) is 21.9. The highest BCUT2D eigenvalue weighted by molar-refractivity contribution is 6.06. The highest BCUT2D eigenvalue weighted by Crippen LogP contribution is 2.36. The fraction of sp³-hybridized carbons (Fsp3) is 0.115. The number of pyridine rings is 1. The van der Waals surface area contributed by atoms with Crippen molar-refractivity contribution in [3.05, 3.63) is 102 Å². The molecule has 1 unspecified atom stereocenters. The Bertz CT molecular complexity index is 1520. The number of nitrogens with one attached hydrogen (secondary N) is 2. The van der Waals surface area contributed by atoms with Crippen LogP contribution in [0.4, 0.5) is 23.2 Å². The molecule has 4 aromatic rings. The van der Waals surface area contributed by atoms with E-state index in [0.717, 1.165) is 18.2 Å². The maximum atomic E-state index is 13.8. The zero-order valence-corrected chi connectivity index (χ0v) is 18.8. The second-order valence-electron chi connectivity index (χ2n) is 8.20. The van der Waals surface area contributed by atoms with Crippen molar-refractivity contribution in [3.8, 4) is 11.1 Å². The van der Waals surface area contributed by atoms with Gasteiger partial charge in [0.1, 0.15) is 5.82 Å². The quantitative estimate of drug-likeness (QED) is 0.360. The molecule has 6 nitrogen and oxygen atoms in total. The van der Waals surface area contributed by atoms with Gasteiger partial charge in [0.25, 0.3) is 5.91 Å². The summed E-state index contributed by atoms with van der Waals surface area (Å²) >= 11 is 0. The average Bonchev–Trinajstić information content (AvgIpc) is 3.29. The number of hydrogen-bond acceptors (Lipinski definition) is 4. The minimum Gasteiger partial charge on any atom is -0.344 e. The van der Waals surface area contributed by atoms with Crippen LogP contribution in [0.2, 0.25) is 0 Å². The number of benzene rings is 2. The molecule has 2 aromatic heterocycles. The van der Waals surface area contributed by atoms with Gasteiger partial charge in [-0.15, -0.1) is 0 Å². The average molecular weight is 493 g/mol. The third kappa shape index (κ3) is 4.45. The number of nitrogens with zero attached hydrogens (tertiary/aromatic N) is 3. The van der Waals surface area contributed by atoms with Crippen molar-refractivity contribution >= 4 is 22.9 Å². The highest BCUT2D eigenvalue weighted by Gasteiger charge is 2.35. The largest absolute Gasteiger partial charge is 0.417 e. The summed E-state index contributed by atoms with van der Waals surface area (Å²) in [5.74, 6) is -0.379. The Balaban J connectivity index is 1.58. The van der Waals surface area contributed by atoms with Crippen molar-refractivity contribution in [1.82, 2.24) is 14.7 Å². The monoisotopic (exact) mass is 493 g/mol. The Hall–Kier alpha value is -4.47. The molecule has 5 rings (SSSR count). The first-order valence-corrected chi connectivity index (χ1v) is 11.0. The standard InChI is InChI=1S/C26H19F4N5O/c1-15-10-11-31-23(33-15)24-32-14-22-19(3-2-12-35(22)24)16-4-9-21(26(28,29)30)20(13-16)25(36)34-18-7-5-17(27)6-8-18/h2-15H,1H3,(H,31,33)(H,34,36). The Morgan fingerprint density at radius 3 is 2.61 bits per heavy atom. The lowest BCUT2D eigenvalue weighted by molar-refractivity contribution is -0.137. The number of alkyl halides is 3. The van der Waals surface area contributed by atoms with Crippen molar-refractivity contribution in [1.29, 1.82) is 0 Å². The van der Waals surface area contributed by atoms with E-state index >= 15 is 0 Å².